The van der Waals surface area contributed by atoms with Gasteiger partial charge >= 0.3 is 6.18 Å². The molecule has 2 unspecified atom stereocenters. The Morgan fingerprint density at radius 2 is 2.12 bits per heavy atom. The second-order valence-corrected chi connectivity index (χ2v) is 6.84. The summed E-state index contributed by atoms with van der Waals surface area (Å²) in [5.41, 5.74) is -0.958. The minimum absolute atomic E-state index is 0. The monoisotopic (exact) mass is 504 g/mol. The average Bonchev–Trinajstić information content (AvgIpc) is 3.04. The Labute approximate surface area is 172 Å². The normalized spacial score (nSPS) is 20.4. The van der Waals surface area contributed by atoms with Gasteiger partial charge in [0.25, 0.3) is 0 Å². The van der Waals surface area contributed by atoms with Gasteiger partial charge in [0.05, 0.1) is 0 Å². The third-order valence-electron chi connectivity index (χ3n) is 3.93. The van der Waals surface area contributed by atoms with E-state index in [0.717, 1.165) is 25.1 Å². The number of aliphatic imine (C=N–C) groups is 1. The molecule has 2 atom stereocenters. The van der Waals surface area contributed by atoms with Crippen LogP contribution in [0.4, 0.5) is 19.1 Å². The van der Waals surface area contributed by atoms with Crippen LogP contribution in [0.1, 0.15) is 25.0 Å². The zero-order chi connectivity index (χ0) is 18.3. The summed E-state index contributed by atoms with van der Waals surface area (Å²) in [5, 5.41) is 9.98. The van der Waals surface area contributed by atoms with Gasteiger partial charge in [0.15, 0.2) is 5.96 Å². The molecule has 0 bridgehead atoms. The molecule has 0 aliphatic heterocycles. The first kappa shape index (κ1) is 23.1. The highest BCUT2D eigenvalue weighted by Crippen LogP contribution is 2.28. The minimum atomic E-state index is -4.47. The molecule has 2 rings (SSSR count). The predicted octanol–water partition coefficient (Wildman–Crippen LogP) is 2.97. The van der Waals surface area contributed by atoms with E-state index in [9.17, 15) is 13.2 Å². The number of aromatic nitrogens is 2. The van der Waals surface area contributed by atoms with Crippen LogP contribution in [0.25, 0.3) is 0 Å². The van der Waals surface area contributed by atoms with Crippen molar-refractivity contribution in [3.63, 3.8) is 0 Å². The summed E-state index contributed by atoms with van der Waals surface area (Å²) in [7, 11) is 1.69. The standard InChI is InChI=1S/C15H23F3N6S.HI/c1-19-13(23-10-3-4-11(9-10)25-2)21-7-8-22-14-20-6-5-12(24-14)15(16,17)18;/h5-6,10-11H,3-4,7-9H2,1-2H3,(H2,19,21,23)(H,20,22,24);1H. The lowest BCUT2D eigenvalue weighted by Crippen LogP contribution is -2.44. The van der Waals surface area contributed by atoms with Gasteiger partial charge in [0.1, 0.15) is 5.69 Å². The van der Waals surface area contributed by atoms with Crippen molar-refractivity contribution in [3.05, 3.63) is 18.0 Å². The van der Waals surface area contributed by atoms with Crippen molar-refractivity contribution in [1.82, 2.24) is 20.6 Å². The maximum Gasteiger partial charge on any atom is 0.433 e. The minimum Gasteiger partial charge on any atom is -0.355 e. The third-order valence-corrected chi connectivity index (χ3v) is 5.02. The van der Waals surface area contributed by atoms with Gasteiger partial charge < -0.3 is 16.0 Å². The molecule has 1 aliphatic carbocycles. The predicted molar refractivity (Wildman–Crippen MR) is 110 cm³/mol. The fourth-order valence-corrected chi connectivity index (χ4v) is 3.43. The van der Waals surface area contributed by atoms with Crippen molar-refractivity contribution in [2.24, 2.45) is 4.99 Å². The average molecular weight is 504 g/mol. The van der Waals surface area contributed by atoms with Gasteiger partial charge in [0, 0.05) is 37.6 Å². The highest BCUT2D eigenvalue weighted by molar-refractivity contribution is 14.0. The maximum atomic E-state index is 12.6. The molecule has 0 saturated heterocycles. The number of hydrogen-bond acceptors (Lipinski definition) is 5. The second-order valence-electron chi connectivity index (χ2n) is 5.70. The van der Waals surface area contributed by atoms with E-state index in [2.05, 4.69) is 37.2 Å². The van der Waals surface area contributed by atoms with Crippen molar-refractivity contribution >= 4 is 47.6 Å². The molecule has 1 saturated carbocycles. The van der Waals surface area contributed by atoms with Gasteiger partial charge in [-0.1, -0.05) is 0 Å². The molecule has 1 heterocycles. The smallest absolute Gasteiger partial charge is 0.355 e. The molecule has 6 nitrogen and oxygen atoms in total. The topological polar surface area (TPSA) is 74.2 Å². The van der Waals surface area contributed by atoms with Crippen LogP contribution in [0, 0.1) is 0 Å². The number of nitrogens with zero attached hydrogens (tertiary/aromatic N) is 3. The number of halogens is 4. The molecule has 3 N–H and O–H groups in total. The van der Waals surface area contributed by atoms with E-state index in [4.69, 9.17) is 0 Å². The Balaban J connectivity index is 0.00000338. The molecule has 26 heavy (non-hydrogen) atoms. The molecule has 0 radical (unpaired) electrons. The Morgan fingerprint density at radius 1 is 1.35 bits per heavy atom. The van der Waals surface area contributed by atoms with Crippen LogP contribution in [0.2, 0.25) is 0 Å². The van der Waals surface area contributed by atoms with Crippen LogP contribution in [-0.4, -0.2) is 53.6 Å². The first-order valence-corrected chi connectivity index (χ1v) is 9.35. The van der Waals surface area contributed by atoms with E-state index in [1.54, 1.807) is 7.05 Å². The van der Waals surface area contributed by atoms with E-state index in [1.807, 2.05) is 11.8 Å². The molecule has 0 spiro atoms. The van der Waals surface area contributed by atoms with Gasteiger partial charge in [-0.2, -0.15) is 24.9 Å². The zero-order valence-electron chi connectivity index (χ0n) is 14.6. The first-order valence-electron chi connectivity index (χ1n) is 8.06. The zero-order valence-corrected chi connectivity index (χ0v) is 17.8. The molecule has 1 aromatic heterocycles. The molecular weight excluding hydrogens is 480 g/mol. The molecule has 11 heteroatoms. The molecule has 1 fully saturated rings. The largest absolute Gasteiger partial charge is 0.433 e. The summed E-state index contributed by atoms with van der Waals surface area (Å²) < 4.78 is 37.8. The summed E-state index contributed by atoms with van der Waals surface area (Å²) >= 11 is 1.89. The van der Waals surface area contributed by atoms with E-state index in [1.165, 1.54) is 6.42 Å². The van der Waals surface area contributed by atoms with Crippen LogP contribution < -0.4 is 16.0 Å². The second kappa shape index (κ2) is 11.0. The summed E-state index contributed by atoms with van der Waals surface area (Å²) in [6, 6.07) is 1.25. The number of nitrogens with one attached hydrogen (secondary N) is 3. The molecular formula is C15H24F3IN6S. The van der Waals surface area contributed by atoms with E-state index >= 15 is 0 Å². The van der Waals surface area contributed by atoms with E-state index in [0.29, 0.717) is 30.3 Å². The SMILES string of the molecule is CN=C(NCCNc1nccc(C(F)(F)F)n1)NC1CCC(SC)C1.I. The van der Waals surface area contributed by atoms with Crippen molar-refractivity contribution in [2.75, 3.05) is 31.7 Å². The summed E-state index contributed by atoms with van der Waals surface area (Å²) in [5.74, 6) is 0.650. The quantitative estimate of drug-likeness (QED) is 0.240. The Morgan fingerprint density at radius 3 is 2.73 bits per heavy atom. The fraction of sp³-hybridized carbons (Fsp3) is 0.667. The van der Waals surface area contributed by atoms with Crippen molar-refractivity contribution in [1.29, 1.82) is 0 Å². The van der Waals surface area contributed by atoms with Crippen LogP contribution in [0.3, 0.4) is 0 Å². The Kier molecular flexibility index (Phi) is 9.75. The Hall–Kier alpha value is -0.980. The Bertz CT molecular complexity index is 587. The summed E-state index contributed by atoms with van der Waals surface area (Å²) in [4.78, 5) is 11.4. The lowest BCUT2D eigenvalue weighted by Gasteiger charge is -2.17. The van der Waals surface area contributed by atoms with Gasteiger partial charge in [-0.05, 0) is 31.6 Å². The fourth-order valence-electron chi connectivity index (χ4n) is 2.63. The lowest BCUT2D eigenvalue weighted by molar-refractivity contribution is -0.141. The highest BCUT2D eigenvalue weighted by atomic mass is 127. The molecule has 1 aliphatic rings. The third kappa shape index (κ3) is 7.33. The molecule has 1 aromatic rings. The number of thioether (sulfide) groups is 1. The number of guanidine groups is 1. The van der Waals surface area contributed by atoms with Gasteiger partial charge in [-0.15, -0.1) is 24.0 Å². The summed E-state index contributed by atoms with van der Waals surface area (Å²) in [6.45, 7) is 0.859. The van der Waals surface area contributed by atoms with E-state index < -0.39 is 11.9 Å². The van der Waals surface area contributed by atoms with Crippen LogP contribution >= 0.6 is 35.7 Å². The molecule has 0 aromatic carbocycles. The van der Waals surface area contributed by atoms with E-state index in [-0.39, 0.29) is 29.9 Å². The van der Waals surface area contributed by atoms with Crippen molar-refractivity contribution in [2.45, 2.75) is 36.7 Å². The number of hydrogen-bond donors (Lipinski definition) is 3. The van der Waals surface area contributed by atoms with Gasteiger partial charge in [0.2, 0.25) is 5.95 Å². The molecule has 0 amide bonds. The number of anilines is 1. The molecule has 148 valence electrons. The van der Waals surface area contributed by atoms with Crippen molar-refractivity contribution < 1.29 is 13.2 Å². The highest BCUT2D eigenvalue weighted by Gasteiger charge is 2.32. The number of alkyl halides is 3. The van der Waals surface area contributed by atoms with Gasteiger partial charge in [-0.25, -0.2) is 9.97 Å². The maximum absolute atomic E-state index is 12.6. The first-order chi connectivity index (χ1) is 11.9. The van der Waals surface area contributed by atoms with Crippen molar-refractivity contribution in [3.8, 4) is 0 Å². The van der Waals surface area contributed by atoms with Crippen LogP contribution in [0.15, 0.2) is 17.3 Å². The lowest BCUT2D eigenvalue weighted by atomic mass is 10.2. The van der Waals surface area contributed by atoms with Gasteiger partial charge in [-0.3, -0.25) is 4.99 Å². The van der Waals surface area contributed by atoms with Crippen LogP contribution in [0.5, 0.6) is 0 Å². The summed E-state index contributed by atoms with van der Waals surface area (Å²) in [6.07, 6.45) is 2.17. The number of rotatable bonds is 6. The van der Waals surface area contributed by atoms with Crippen LogP contribution in [-0.2, 0) is 6.18 Å².